The van der Waals surface area contributed by atoms with E-state index in [1.54, 1.807) is 13.8 Å². The van der Waals surface area contributed by atoms with Crippen LogP contribution < -0.4 is 0 Å². The van der Waals surface area contributed by atoms with Crippen LogP contribution >= 0.6 is 0 Å². The van der Waals surface area contributed by atoms with Crippen LogP contribution in [0.15, 0.2) is 0 Å². The van der Waals surface area contributed by atoms with Crippen LogP contribution in [0.3, 0.4) is 0 Å². The molecule has 12 nitrogen and oxygen atoms in total. The van der Waals surface area contributed by atoms with E-state index in [4.69, 9.17) is 4.74 Å². The summed E-state index contributed by atoms with van der Waals surface area (Å²) in [5.41, 5.74) is 0. The van der Waals surface area contributed by atoms with E-state index in [0.29, 0.717) is 60.8 Å². The molecule has 0 saturated carbocycles. The molecule has 198 valence electrons. The van der Waals surface area contributed by atoms with Crippen LogP contribution in [0.4, 0.5) is 0 Å². The summed E-state index contributed by atoms with van der Waals surface area (Å²) in [7, 11) is -1.72. The zero-order valence-corrected chi connectivity index (χ0v) is 22.2. The number of rotatable bonds is 18. The molecule has 0 aliphatic heterocycles. The van der Waals surface area contributed by atoms with Gasteiger partial charge in [0.25, 0.3) is 0 Å². The molecule has 0 aromatic rings. The number of likely N-dealkylation sites (N-methyl/N-ethyl adjacent to an activating group) is 1. The van der Waals surface area contributed by atoms with Crippen molar-refractivity contribution in [3.63, 3.8) is 0 Å². The van der Waals surface area contributed by atoms with Crippen molar-refractivity contribution in [1.82, 2.24) is 0 Å². The molecule has 0 saturated heterocycles. The maximum Gasteiger partial charge on any atom is 0.308 e. The molecule has 33 heavy (non-hydrogen) atoms. The van der Waals surface area contributed by atoms with Crippen molar-refractivity contribution in [1.29, 1.82) is 0 Å². The average molecular weight is 521 g/mol. The number of quaternary nitrogens is 2. The Hall–Kier alpha value is -0.870. The molecule has 0 radical (unpaired) electrons. The fraction of sp³-hybridized carbons (Fsp3) is 0.947. The predicted octanol–water partition coefficient (Wildman–Crippen LogP) is 0.221. The molecule has 0 aromatic heterocycles. The summed E-state index contributed by atoms with van der Waals surface area (Å²) in [6.07, 6.45) is 1.98. The predicted molar refractivity (Wildman–Crippen MR) is 118 cm³/mol. The molecular formula is C19H40N2O10S2. The number of carbonyl (C=O) groups excluding carboxylic acids is 1. The van der Waals surface area contributed by atoms with Gasteiger partial charge in [0.15, 0.2) is 0 Å². The molecule has 14 heteroatoms. The van der Waals surface area contributed by atoms with E-state index < -0.39 is 20.8 Å². The van der Waals surface area contributed by atoms with Gasteiger partial charge in [-0.3, -0.25) is 13.2 Å². The summed E-state index contributed by atoms with van der Waals surface area (Å²) >= 11 is 0. The fourth-order valence-corrected chi connectivity index (χ4v) is 3.67. The maximum absolute atomic E-state index is 12.1. The summed E-state index contributed by atoms with van der Waals surface area (Å²) in [4.78, 5) is 12.1. The molecule has 0 bridgehead atoms. The second-order valence-corrected chi connectivity index (χ2v) is 11.8. The minimum Gasteiger partial charge on any atom is -0.726 e. The van der Waals surface area contributed by atoms with E-state index in [2.05, 4.69) is 8.37 Å². The lowest BCUT2D eigenvalue weighted by Gasteiger charge is -2.32. The van der Waals surface area contributed by atoms with Gasteiger partial charge in [0.1, 0.15) is 19.3 Å². The second kappa shape index (κ2) is 13.9. The Morgan fingerprint density at radius 1 is 0.758 bits per heavy atom. The van der Waals surface area contributed by atoms with Gasteiger partial charge in [-0.05, 0) is 6.42 Å². The lowest BCUT2D eigenvalue weighted by atomic mass is 10.1. The fourth-order valence-electron chi connectivity index (χ4n) is 3.07. The molecule has 0 rings (SSSR count). The Bertz CT molecular complexity index is 795. The maximum atomic E-state index is 12.1. The first kappa shape index (κ1) is 32.1. The van der Waals surface area contributed by atoms with Crippen molar-refractivity contribution < 1.29 is 52.8 Å². The van der Waals surface area contributed by atoms with Gasteiger partial charge in [-0.25, -0.2) is 16.8 Å². The van der Waals surface area contributed by atoms with Gasteiger partial charge >= 0.3 is 5.97 Å². The number of hydrogen-bond acceptors (Lipinski definition) is 10. The number of ether oxygens (including phenoxy) is 1. The Kier molecular flexibility index (Phi) is 13.5. The molecule has 0 aromatic carbocycles. The quantitative estimate of drug-likeness (QED) is 0.0804. The largest absolute Gasteiger partial charge is 0.726 e. The highest BCUT2D eigenvalue weighted by Gasteiger charge is 2.24. The normalized spacial score (nSPS) is 14.5. The number of nitrogens with zero attached hydrogens (tertiary/aromatic N) is 2. The van der Waals surface area contributed by atoms with E-state index >= 15 is 0 Å². The molecule has 0 N–H and O–H groups in total. The Labute approximate surface area is 198 Å². The standard InChI is InChI=1S/C19H40N2O10S2/c1-17(2)19(22)31-18(9-7-11-21(5,6)14-16-30-33(26,27)28)10-13-20(3,4)12-8-15-29-32(23,24)25/h17-18H,7-16H2,1-6H3. The first-order valence-corrected chi connectivity index (χ1v) is 13.5. The van der Waals surface area contributed by atoms with Gasteiger partial charge in [-0.15, -0.1) is 0 Å². The van der Waals surface area contributed by atoms with Crippen LogP contribution in [0.1, 0.15) is 39.5 Å². The number of esters is 1. The summed E-state index contributed by atoms with van der Waals surface area (Å²) in [5, 5.41) is 0. The molecule has 0 heterocycles. The third-order valence-corrected chi connectivity index (χ3v) is 6.07. The van der Waals surface area contributed by atoms with E-state index in [1.165, 1.54) is 0 Å². The lowest BCUT2D eigenvalue weighted by molar-refractivity contribution is -0.891. The highest BCUT2D eigenvalue weighted by atomic mass is 32.3. The first-order chi connectivity index (χ1) is 14.8. The van der Waals surface area contributed by atoms with Gasteiger partial charge in [0, 0.05) is 19.3 Å². The van der Waals surface area contributed by atoms with Crippen molar-refractivity contribution in [2.75, 3.05) is 67.6 Å². The van der Waals surface area contributed by atoms with Gasteiger partial charge in [-0.2, -0.15) is 0 Å². The Morgan fingerprint density at radius 3 is 1.76 bits per heavy atom. The van der Waals surface area contributed by atoms with Gasteiger partial charge in [-0.1, -0.05) is 13.8 Å². The van der Waals surface area contributed by atoms with Crippen molar-refractivity contribution in [2.24, 2.45) is 5.92 Å². The van der Waals surface area contributed by atoms with Gasteiger partial charge < -0.3 is 22.8 Å². The molecule has 0 aliphatic rings. The smallest absolute Gasteiger partial charge is 0.308 e. The first-order valence-electron chi connectivity index (χ1n) is 10.9. The summed E-state index contributed by atoms with van der Waals surface area (Å²) < 4.78 is 78.4. The zero-order valence-electron chi connectivity index (χ0n) is 20.5. The lowest BCUT2D eigenvalue weighted by Crippen LogP contribution is -2.44. The Balaban J connectivity index is 4.71. The van der Waals surface area contributed by atoms with Crippen molar-refractivity contribution in [2.45, 2.75) is 45.6 Å². The highest BCUT2D eigenvalue weighted by Crippen LogP contribution is 2.15. The van der Waals surface area contributed by atoms with E-state index in [1.807, 2.05) is 28.2 Å². The van der Waals surface area contributed by atoms with E-state index in [0.717, 1.165) is 0 Å². The van der Waals surface area contributed by atoms with Crippen LogP contribution in [0.5, 0.6) is 0 Å². The van der Waals surface area contributed by atoms with Crippen molar-refractivity contribution >= 4 is 26.8 Å². The number of hydrogen-bond donors (Lipinski definition) is 0. The van der Waals surface area contributed by atoms with Crippen molar-refractivity contribution in [3.05, 3.63) is 0 Å². The number of carbonyl (C=O) groups is 1. The third-order valence-electron chi connectivity index (χ3n) is 5.16. The average Bonchev–Trinajstić information content (AvgIpc) is 2.61. The molecule has 1 unspecified atom stereocenters. The molecule has 0 amide bonds. The van der Waals surface area contributed by atoms with Crippen LogP contribution in [-0.2, 0) is 38.7 Å². The monoisotopic (exact) mass is 520 g/mol. The second-order valence-electron chi connectivity index (χ2n) is 9.72. The topological polar surface area (TPSA) is 159 Å². The zero-order chi connectivity index (χ0) is 25.9. The van der Waals surface area contributed by atoms with Crippen molar-refractivity contribution in [3.8, 4) is 0 Å². The molecule has 0 fully saturated rings. The summed E-state index contributed by atoms with van der Waals surface area (Å²) in [5.74, 6) is -0.554. The molecule has 1 atom stereocenters. The SMILES string of the molecule is CC(C)C(=O)OC(CCC[N+](C)(C)CCOS(=O)(=O)[O-])CC[N+](C)(C)CCCOS(=O)(=O)[O-]. The van der Waals surface area contributed by atoms with Crippen LogP contribution in [0, 0.1) is 5.92 Å². The minimum absolute atomic E-state index is 0.177. The van der Waals surface area contributed by atoms with Gasteiger partial charge in [0.2, 0.25) is 20.8 Å². The van der Waals surface area contributed by atoms with E-state index in [-0.39, 0.29) is 31.2 Å². The van der Waals surface area contributed by atoms with E-state index in [9.17, 15) is 30.7 Å². The summed E-state index contributed by atoms with van der Waals surface area (Å²) in [6.45, 7) is 5.37. The van der Waals surface area contributed by atoms with Crippen LogP contribution in [0.25, 0.3) is 0 Å². The van der Waals surface area contributed by atoms with Crippen LogP contribution in [0.2, 0.25) is 0 Å². The minimum atomic E-state index is -4.71. The van der Waals surface area contributed by atoms with Gasteiger partial charge in [0.05, 0.1) is 60.3 Å². The molecule has 0 aliphatic carbocycles. The molecule has 0 spiro atoms. The molecular weight excluding hydrogens is 480 g/mol. The Morgan fingerprint density at radius 2 is 1.24 bits per heavy atom. The highest BCUT2D eigenvalue weighted by molar-refractivity contribution is 7.81. The summed E-state index contributed by atoms with van der Waals surface area (Å²) in [6, 6.07) is 0. The van der Waals surface area contributed by atoms with Crippen LogP contribution in [-0.4, -0.2) is 115 Å². The third kappa shape index (κ3) is 19.2.